The summed E-state index contributed by atoms with van der Waals surface area (Å²) in [5, 5.41) is 0. The van der Waals surface area contributed by atoms with Gasteiger partial charge in [-0.15, -0.1) is 0 Å². The van der Waals surface area contributed by atoms with Gasteiger partial charge in [-0.1, -0.05) is 24.3 Å². The maximum Gasteiger partial charge on any atom is 0.296 e. The number of amides is 1. The van der Waals surface area contributed by atoms with Crippen molar-refractivity contribution < 1.29 is 9.59 Å². The molecular weight excluding hydrogens is 300 g/mol. The Morgan fingerprint density at radius 1 is 1.00 bits per heavy atom. The van der Waals surface area contributed by atoms with E-state index in [0.717, 1.165) is 19.3 Å². The highest BCUT2D eigenvalue weighted by Gasteiger charge is 2.42. The van der Waals surface area contributed by atoms with Crippen molar-refractivity contribution >= 4 is 11.7 Å². The van der Waals surface area contributed by atoms with Crippen molar-refractivity contribution in [2.75, 3.05) is 13.1 Å². The number of benzene rings is 1. The zero-order valence-corrected chi connectivity index (χ0v) is 14.0. The van der Waals surface area contributed by atoms with E-state index < -0.39 is 5.78 Å². The molecule has 1 aromatic heterocycles. The topological polar surface area (TPSA) is 42.3 Å². The minimum atomic E-state index is -0.398. The lowest BCUT2D eigenvalue weighted by Gasteiger charge is -2.40. The molecule has 0 unspecified atom stereocenters. The Bertz CT molecular complexity index is 797. The predicted molar refractivity (Wildman–Crippen MR) is 92.0 cm³/mol. The molecule has 0 radical (unpaired) electrons. The molecule has 1 aromatic carbocycles. The summed E-state index contributed by atoms with van der Waals surface area (Å²) in [6.45, 7) is 1.34. The predicted octanol–water partition coefficient (Wildman–Crippen LogP) is 2.71. The van der Waals surface area contributed by atoms with E-state index in [9.17, 15) is 9.59 Å². The van der Waals surface area contributed by atoms with Crippen LogP contribution in [0.15, 0.2) is 42.6 Å². The van der Waals surface area contributed by atoms with Gasteiger partial charge in [0.25, 0.3) is 11.7 Å². The van der Waals surface area contributed by atoms with E-state index in [4.69, 9.17) is 0 Å². The van der Waals surface area contributed by atoms with Crippen LogP contribution < -0.4 is 0 Å². The summed E-state index contributed by atoms with van der Waals surface area (Å²) in [6, 6.07) is 12.2. The molecule has 4 heteroatoms. The molecule has 0 saturated carbocycles. The van der Waals surface area contributed by atoms with Gasteiger partial charge in [0.1, 0.15) is 0 Å². The highest BCUT2D eigenvalue weighted by Crippen LogP contribution is 2.46. The van der Waals surface area contributed by atoms with Crippen LogP contribution in [-0.2, 0) is 23.7 Å². The quantitative estimate of drug-likeness (QED) is 0.630. The van der Waals surface area contributed by atoms with E-state index >= 15 is 0 Å². The van der Waals surface area contributed by atoms with Gasteiger partial charge in [-0.2, -0.15) is 0 Å². The minimum Gasteiger partial charge on any atom is -0.348 e. The molecule has 1 aliphatic heterocycles. The van der Waals surface area contributed by atoms with Gasteiger partial charge in [0, 0.05) is 26.3 Å². The summed E-state index contributed by atoms with van der Waals surface area (Å²) in [5.41, 5.74) is 3.59. The van der Waals surface area contributed by atoms with Crippen LogP contribution in [0.4, 0.5) is 0 Å². The highest BCUT2D eigenvalue weighted by molar-refractivity contribution is 6.42. The number of rotatable bonds is 2. The van der Waals surface area contributed by atoms with Gasteiger partial charge in [-0.3, -0.25) is 9.59 Å². The summed E-state index contributed by atoms with van der Waals surface area (Å²) in [6.07, 6.45) is 6.00. The maximum atomic E-state index is 12.6. The zero-order chi connectivity index (χ0) is 16.7. The number of aromatic nitrogens is 1. The summed E-state index contributed by atoms with van der Waals surface area (Å²) in [4.78, 5) is 26.7. The van der Waals surface area contributed by atoms with E-state index in [1.54, 1.807) is 34.8 Å². The van der Waals surface area contributed by atoms with Crippen LogP contribution in [0.3, 0.4) is 0 Å². The fourth-order valence-corrected chi connectivity index (χ4v) is 4.37. The van der Waals surface area contributed by atoms with Crippen molar-refractivity contribution in [2.24, 2.45) is 7.05 Å². The van der Waals surface area contributed by atoms with Crippen LogP contribution >= 0.6 is 0 Å². The first kappa shape index (κ1) is 15.2. The van der Waals surface area contributed by atoms with E-state index in [0.29, 0.717) is 18.8 Å². The van der Waals surface area contributed by atoms with Crippen molar-refractivity contribution in [3.05, 3.63) is 59.4 Å². The molecule has 4 rings (SSSR count). The molecule has 1 spiro atoms. The van der Waals surface area contributed by atoms with Crippen LogP contribution in [0.1, 0.15) is 40.9 Å². The number of fused-ring (bicyclic) bond motifs is 2. The van der Waals surface area contributed by atoms with Gasteiger partial charge < -0.3 is 9.47 Å². The van der Waals surface area contributed by atoms with Crippen molar-refractivity contribution in [3.8, 4) is 0 Å². The summed E-state index contributed by atoms with van der Waals surface area (Å²) >= 11 is 0. The lowest BCUT2D eigenvalue weighted by molar-refractivity contribution is -0.128. The lowest BCUT2D eigenvalue weighted by Crippen LogP contribution is -2.46. The van der Waals surface area contributed by atoms with Crippen LogP contribution in [0, 0.1) is 0 Å². The zero-order valence-electron chi connectivity index (χ0n) is 14.0. The number of ketones is 1. The van der Waals surface area contributed by atoms with E-state index in [2.05, 4.69) is 24.3 Å². The highest BCUT2D eigenvalue weighted by atomic mass is 16.2. The maximum absolute atomic E-state index is 12.6. The van der Waals surface area contributed by atoms with Crippen LogP contribution in [-0.4, -0.2) is 34.2 Å². The standard InChI is InChI=1S/C20H22N2O2/c1-21-12-4-7-17(21)18(23)19(24)22-13-10-20(11-14-22)9-8-15-5-2-3-6-16(15)20/h2-7,12H,8-11,13-14H2,1H3. The van der Waals surface area contributed by atoms with Crippen LogP contribution in [0.25, 0.3) is 0 Å². The third kappa shape index (κ3) is 2.29. The molecule has 1 saturated heterocycles. The van der Waals surface area contributed by atoms with Gasteiger partial charge in [-0.05, 0) is 54.4 Å². The van der Waals surface area contributed by atoms with Crippen LogP contribution in [0.2, 0.25) is 0 Å². The second-order valence-electron chi connectivity index (χ2n) is 7.06. The second-order valence-corrected chi connectivity index (χ2v) is 7.06. The van der Waals surface area contributed by atoms with Gasteiger partial charge in [0.2, 0.25) is 0 Å². The van der Waals surface area contributed by atoms with E-state index in [-0.39, 0.29) is 11.3 Å². The number of likely N-dealkylation sites (tertiary alicyclic amines) is 1. The Labute approximate surface area is 142 Å². The van der Waals surface area contributed by atoms with Gasteiger partial charge in [0.05, 0.1) is 5.69 Å². The van der Waals surface area contributed by atoms with Crippen LogP contribution in [0.5, 0.6) is 0 Å². The molecule has 1 amide bonds. The Kier molecular flexibility index (Phi) is 3.56. The van der Waals surface area contributed by atoms with E-state index in [1.807, 2.05) is 0 Å². The minimum absolute atomic E-state index is 0.210. The molecule has 4 nitrogen and oxygen atoms in total. The third-order valence-corrected chi connectivity index (χ3v) is 5.84. The summed E-state index contributed by atoms with van der Waals surface area (Å²) in [7, 11) is 1.79. The molecule has 1 aliphatic carbocycles. The smallest absolute Gasteiger partial charge is 0.296 e. The van der Waals surface area contributed by atoms with Crippen molar-refractivity contribution in [3.63, 3.8) is 0 Å². The van der Waals surface area contributed by atoms with Crippen molar-refractivity contribution in [1.82, 2.24) is 9.47 Å². The number of carbonyl (C=O) groups is 2. The van der Waals surface area contributed by atoms with Crippen molar-refractivity contribution in [1.29, 1.82) is 0 Å². The number of hydrogen-bond donors (Lipinski definition) is 0. The Balaban J connectivity index is 1.48. The molecule has 0 bridgehead atoms. The fourth-order valence-electron chi connectivity index (χ4n) is 4.37. The Morgan fingerprint density at radius 2 is 1.75 bits per heavy atom. The molecule has 1 fully saturated rings. The SMILES string of the molecule is Cn1cccc1C(=O)C(=O)N1CCC2(CCc3ccccc32)CC1. The number of Topliss-reactive ketones (excluding diaryl/α,β-unsaturated/α-hetero) is 1. The molecule has 2 heterocycles. The first-order chi connectivity index (χ1) is 11.6. The van der Waals surface area contributed by atoms with Gasteiger partial charge in [-0.25, -0.2) is 0 Å². The number of nitrogens with zero attached hydrogens (tertiary/aromatic N) is 2. The lowest BCUT2D eigenvalue weighted by atomic mass is 9.74. The molecule has 124 valence electrons. The summed E-state index contributed by atoms with van der Waals surface area (Å²) in [5.74, 6) is -0.761. The molecular formula is C20H22N2O2. The Hall–Kier alpha value is -2.36. The van der Waals surface area contributed by atoms with Gasteiger partial charge in [0.15, 0.2) is 0 Å². The first-order valence-corrected chi connectivity index (χ1v) is 8.64. The largest absolute Gasteiger partial charge is 0.348 e. The number of carbonyl (C=O) groups excluding carboxylic acids is 2. The molecule has 2 aliphatic rings. The average Bonchev–Trinajstić information content (AvgIpc) is 3.19. The molecule has 0 N–H and O–H groups in total. The van der Waals surface area contributed by atoms with E-state index in [1.165, 1.54) is 17.5 Å². The summed E-state index contributed by atoms with van der Waals surface area (Å²) < 4.78 is 1.71. The van der Waals surface area contributed by atoms with Gasteiger partial charge >= 0.3 is 0 Å². The first-order valence-electron chi connectivity index (χ1n) is 8.64. The van der Waals surface area contributed by atoms with Crippen molar-refractivity contribution in [2.45, 2.75) is 31.1 Å². The monoisotopic (exact) mass is 322 g/mol. The third-order valence-electron chi connectivity index (χ3n) is 5.84. The molecule has 2 aromatic rings. The molecule has 24 heavy (non-hydrogen) atoms. The fraction of sp³-hybridized carbons (Fsp3) is 0.400. The number of piperidine rings is 1. The molecule has 0 atom stereocenters. The normalized spacial score (nSPS) is 18.6. The average molecular weight is 322 g/mol. The second kappa shape index (κ2) is 5.62. The number of aryl methyl sites for hydroxylation is 2. The number of hydrogen-bond acceptors (Lipinski definition) is 2. The Morgan fingerprint density at radius 3 is 2.46 bits per heavy atom.